The van der Waals surface area contributed by atoms with Crippen molar-refractivity contribution in [2.75, 3.05) is 26.2 Å². The molecule has 1 N–H and O–H groups in total. The van der Waals surface area contributed by atoms with Gasteiger partial charge in [0.1, 0.15) is 0 Å². The number of morpholine rings is 1. The van der Waals surface area contributed by atoms with Crippen LogP contribution in [0.1, 0.15) is 43.6 Å². The van der Waals surface area contributed by atoms with Gasteiger partial charge in [0.05, 0.1) is 29.9 Å². The zero-order valence-corrected chi connectivity index (χ0v) is 15.9. The second-order valence-electron chi connectivity index (χ2n) is 8.33. The monoisotopic (exact) mass is 357 g/mol. The number of benzene rings is 1. The summed E-state index contributed by atoms with van der Waals surface area (Å²) in [5.74, 6) is 0. The van der Waals surface area contributed by atoms with E-state index in [0.717, 1.165) is 17.7 Å². The average Bonchev–Trinajstić information content (AvgIpc) is 2.59. The number of amides is 1. The third kappa shape index (κ3) is 3.42. The number of nitriles is 1. The topological polar surface area (TPSA) is 76.8 Å². The molecule has 6 heteroatoms. The lowest BCUT2D eigenvalue weighted by atomic mass is 9.81. The van der Waals surface area contributed by atoms with Crippen molar-refractivity contribution in [1.82, 2.24) is 9.80 Å². The molecule has 1 aromatic rings. The molecule has 0 aromatic heterocycles. The first-order valence-corrected chi connectivity index (χ1v) is 9.09. The Bertz CT molecular complexity index is 735. The second-order valence-corrected chi connectivity index (χ2v) is 8.33. The van der Waals surface area contributed by atoms with Gasteiger partial charge in [0.15, 0.2) is 0 Å². The highest BCUT2D eigenvalue weighted by molar-refractivity contribution is 5.65. The van der Waals surface area contributed by atoms with Gasteiger partial charge in [-0.3, -0.25) is 4.90 Å². The van der Waals surface area contributed by atoms with Gasteiger partial charge in [0.25, 0.3) is 0 Å². The average molecular weight is 357 g/mol. The van der Waals surface area contributed by atoms with Crippen LogP contribution in [0.5, 0.6) is 0 Å². The molecule has 0 radical (unpaired) electrons. The number of piperazine rings is 1. The number of nitrogens with zero attached hydrogens (tertiary/aromatic N) is 3. The molecule has 2 saturated heterocycles. The van der Waals surface area contributed by atoms with Crippen LogP contribution in [0.15, 0.2) is 18.2 Å². The Morgan fingerprint density at radius 2 is 2.04 bits per heavy atom. The van der Waals surface area contributed by atoms with Crippen LogP contribution in [0.3, 0.4) is 0 Å². The van der Waals surface area contributed by atoms with Crippen molar-refractivity contribution in [1.29, 1.82) is 5.26 Å². The third-order valence-electron chi connectivity index (χ3n) is 5.56. The highest BCUT2D eigenvalue weighted by Crippen LogP contribution is 2.39. The van der Waals surface area contributed by atoms with E-state index in [4.69, 9.17) is 4.74 Å². The summed E-state index contributed by atoms with van der Waals surface area (Å²) in [5.41, 5.74) is 2.58. The SMILES string of the molecule is Cc1c(C#N)cccc1[C@@H]1CN2CCN(C(=O)O)C[C@@H]2C(C(C)(C)C)O1. The lowest BCUT2D eigenvalue weighted by molar-refractivity contribution is -0.173. The quantitative estimate of drug-likeness (QED) is 0.836. The summed E-state index contributed by atoms with van der Waals surface area (Å²) < 4.78 is 6.54. The minimum Gasteiger partial charge on any atom is -0.465 e. The number of rotatable bonds is 1. The van der Waals surface area contributed by atoms with Crippen LogP contribution in [0.4, 0.5) is 4.79 Å². The Balaban J connectivity index is 1.92. The summed E-state index contributed by atoms with van der Waals surface area (Å²) in [5, 5.41) is 18.7. The summed E-state index contributed by atoms with van der Waals surface area (Å²) in [6.45, 7) is 10.8. The maximum absolute atomic E-state index is 11.4. The molecule has 1 amide bonds. The minimum atomic E-state index is -0.864. The number of hydrogen-bond donors (Lipinski definition) is 1. The van der Waals surface area contributed by atoms with Gasteiger partial charge in [-0.2, -0.15) is 5.26 Å². The number of hydrogen-bond acceptors (Lipinski definition) is 4. The zero-order chi connectivity index (χ0) is 19.1. The van der Waals surface area contributed by atoms with Gasteiger partial charge in [-0.1, -0.05) is 32.9 Å². The molecule has 0 aliphatic carbocycles. The van der Waals surface area contributed by atoms with E-state index in [2.05, 4.69) is 31.7 Å². The Morgan fingerprint density at radius 1 is 1.31 bits per heavy atom. The van der Waals surface area contributed by atoms with Crippen molar-refractivity contribution in [2.24, 2.45) is 5.41 Å². The van der Waals surface area contributed by atoms with Gasteiger partial charge < -0.3 is 14.7 Å². The predicted molar refractivity (Wildman–Crippen MR) is 97.9 cm³/mol. The number of carbonyl (C=O) groups is 1. The highest BCUT2D eigenvalue weighted by Gasteiger charge is 2.46. The summed E-state index contributed by atoms with van der Waals surface area (Å²) in [6.07, 6.45) is -1.06. The van der Waals surface area contributed by atoms with Crippen molar-refractivity contribution in [3.63, 3.8) is 0 Å². The molecule has 2 heterocycles. The molecule has 1 aromatic carbocycles. The van der Waals surface area contributed by atoms with Crippen LogP contribution in [0.2, 0.25) is 0 Å². The lowest BCUT2D eigenvalue weighted by Gasteiger charge is -2.53. The summed E-state index contributed by atoms with van der Waals surface area (Å²) >= 11 is 0. The largest absolute Gasteiger partial charge is 0.465 e. The van der Waals surface area contributed by atoms with E-state index >= 15 is 0 Å². The van der Waals surface area contributed by atoms with Gasteiger partial charge in [0.2, 0.25) is 0 Å². The molecule has 2 fully saturated rings. The van der Waals surface area contributed by atoms with Crippen LogP contribution < -0.4 is 0 Å². The molecule has 3 rings (SSSR count). The Hall–Kier alpha value is -2.10. The van der Waals surface area contributed by atoms with Gasteiger partial charge in [-0.25, -0.2) is 4.79 Å². The van der Waals surface area contributed by atoms with E-state index < -0.39 is 6.09 Å². The molecule has 3 atom stereocenters. The smallest absolute Gasteiger partial charge is 0.407 e. The second kappa shape index (κ2) is 6.90. The maximum atomic E-state index is 11.4. The minimum absolute atomic E-state index is 0.0514. The number of fused-ring (bicyclic) bond motifs is 1. The molecule has 26 heavy (non-hydrogen) atoms. The van der Waals surface area contributed by atoms with E-state index in [0.29, 0.717) is 25.2 Å². The normalized spacial score (nSPS) is 26.9. The van der Waals surface area contributed by atoms with Crippen molar-refractivity contribution >= 4 is 6.09 Å². The molecule has 0 spiro atoms. The van der Waals surface area contributed by atoms with Crippen molar-refractivity contribution in [3.05, 3.63) is 34.9 Å². The lowest BCUT2D eigenvalue weighted by Crippen LogP contribution is -2.65. The number of carboxylic acid groups (broad SMARTS) is 1. The summed E-state index contributed by atoms with van der Waals surface area (Å²) in [6, 6.07) is 8.08. The Morgan fingerprint density at radius 3 is 2.65 bits per heavy atom. The van der Waals surface area contributed by atoms with Gasteiger partial charge in [-0.05, 0) is 29.5 Å². The molecule has 6 nitrogen and oxygen atoms in total. The first-order chi connectivity index (χ1) is 12.2. The molecular formula is C20H27N3O3. The van der Waals surface area contributed by atoms with Crippen LogP contribution in [-0.2, 0) is 4.74 Å². The molecule has 2 aliphatic heterocycles. The summed E-state index contributed by atoms with van der Waals surface area (Å²) in [4.78, 5) is 15.3. The van der Waals surface area contributed by atoms with Gasteiger partial charge in [-0.15, -0.1) is 0 Å². The fraction of sp³-hybridized carbons (Fsp3) is 0.600. The molecule has 140 valence electrons. The van der Waals surface area contributed by atoms with Crippen molar-refractivity contribution in [2.45, 2.75) is 45.9 Å². The van der Waals surface area contributed by atoms with Crippen LogP contribution in [-0.4, -0.2) is 59.3 Å². The predicted octanol–water partition coefficient (Wildman–Crippen LogP) is 3.02. The third-order valence-corrected chi connectivity index (χ3v) is 5.56. The standard InChI is InChI=1S/C20H27N3O3/c1-13-14(10-21)6-5-7-15(13)17-12-22-8-9-23(19(24)25)11-16(22)18(26-17)20(2,3)4/h5-7,16-18H,8-9,11-12H2,1-4H3,(H,24,25)/t16-,17+,18?/m1/s1. The van der Waals surface area contributed by atoms with Gasteiger partial charge in [0, 0.05) is 26.2 Å². The Kier molecular flexibility index (Phi) is 4.96. The fourth-order valence-corrected chi connectivity index (χ4v) is 4.14. The van der Waals surface area contributed by atoms with Crippen LogP contribution in [0.25, 0.3) is 0 Å². The van der Waals surface area contributed by atoms with Crippen LogP contribution in [0, 0.1) is 23.7 Å². The van der Waals surface area contributed by atoms with Gasteiger partial charge >= 0.3 is 6.09 Å². The van der Waals surface area contributed by atoms with Crippen molar-refractivity contribution < 1.29 is 14.6 Å². The molecular weight excluding hydrogens is 330 g/mol. The Labute approximate surface area is 155 Å². The fourth-order valence-electron chi connectivity index (χ4n) is 4.14. The molecule has 0 bridgehead atoms. The van der Waals surface area contributed by atoms with E-state index in [1.54, 1.807) is 0 Å². The van der Waals surface area contributed by atoms with Crippen molar-refractivity contribution in [3.8, 4) is 6.07 Å². The van der Waals surface area contributed by atoms with E-state index in [1.807, 2.05) is 25.1 Å². The molecule has 1 unspecified atom stereocenters. The maximum Gasteiger partial charge on any atom is 0.407 e. The zero-order valence-electron chi connectivity index (χ0n) is 15.9. The first-order valence-electron chi connectivity index (χ1n) is 9.09. The molecule has 0 saturated carbocycles. The van der Waals surface area contributed by atoms with E-state index in [-0.39, 0.29) is 23.7 Å². The first kappa shape index (κ1) is 18.7. The molecule has 2 aliphatic rings. The summed E-state index contributed by atoms with van der Waals surface area (Å²) in [7, 11) is 0. The highest BCUT2D eigenvalue weighted by atomic mass is 16.5. The van der Waals surface area contributed by atoms with Crippen LogP contribution >= 0.6 is 0 Å². The van der Waals surface area contributed by atoms with E-state index in [1.165, 1.54) is 4.90 Å². The van der Waals surface area contributed by atoms with E-state index in [9.17, 15) is 15.2 Å². The number of ether oxygens (including phenoxy) is 1.